The minimum Gasteiger partial charge on any atom is -1.00 e. The van der Waals surface area contributed by atoms with E-state index in [2.05, 4.69) is 0 Å². The van der Waals surface area contributed by atoms with E-state index in [1.54, 1.807) is 0 Å². The molecule has 0 saturated carbocycles. The Morgan fingerprint density at radius 1 is 0.875 bits per heavy atom. The van der Waals surface area contributed by atoms with Gasteiger partial charge in [0.25, 0.3) is 0 Å². The molecule has 0 unspecified atom stereocenters. The summed E-state index contributed by atoms with van der Waals surface area (Å²) in [7, 11) is 0. The largest absolute Gasteiger partial charge is 3.00 e. The summed E-state index contributed by atoms with van der Waals surface area (Å²) in [6.45, 7) is 3.11. The van der Waals surface area contributed by atoms with E-state index in [1.807, 2.05) is 0 Å². The fourth-order valence-electron chi connectivity index (χ4n) is 0.440. The van der Waals surface area contributed by atoms with Gasteiger partial charge < -0.3 is 15.2 Å². The fourth-order valence-corrected chi connectivity index (χ4v) is 0.440. The Hall–Kier alpha value is 1.05. The average molecular weight is 126 g/mol. The number of hydrogen-bond acceptors (Lipinski definition) is 2. The Kier molecular flexibility index (Phi) is 11.9. The molecule has 0 atom stereocenters. The van der Waals surface area contributed by atoms with E-state index in [4.69, 9.17) is 9.47 Å². The molecule has 8 heavy (non-hydrogen) atoms. The average Bonchev–Trinajstić information content (AvgIpc) is 1.72. The predicted octanol–water partition coefficient (Wildman–Crippen LogP) is -2.89. The Bertz CT molecular complexity index is 40.5. The zero-order chi connectivity index (χ0) is 4.24. The summed E-state index contributed by atoms with van der Waals surface area (Å²) in [5, 5.41) is 0. The van der Waals surface area contributed by atoms with Gasteiger partial charge in [0.1, 0.15) is 0 Å². The van der Waals surface area contributed by atoms with Gasteiger partial charge in [-0.1, -0.05) is 0 Å². The van der Waals surface area contributed by atoms with Crippen LogP contribution in [0.5, 0.6) is 0 Å². The molecule has 1 aliphatic rings. The first kappa shape index (κ1) is 11.8. The molecule has 0 aromatic carbocycles. The summed E-state index contributed by atoms with van der Waals surface area (Å²) in [6.07, 6.45) is 0. The standard InChI is InChI=1S/C4H8O2.Al.Li.4H/c1-2-6-4-3-5-1;;;;;;/h1-4H2;;;;;;/q;+3;+1;4*-1. The molecule has 0 aromatic heterocycles. The Balaban J connectivity index is -0.0000000150. The van der Waals surface area contributed by atoms with Crippen molar-refractivity contribution >= 4 is 17.4 Å². The molecule has 0 aliphatic carbocycles. The van der Waals surface area contributed by atoms with Crippen LogP contribution >= 0.6 is 0 Å². The monoisotopic (exact) mass is 126 g/mol. The molecule has 1 fully saturated rings. The van der Waals surface area contributed by atoms with Crippen molar-refractivity contribution in [2.75, 3.05) is 26.4 Å². The van der Waals surface area contributed by atoms with Crippen LogP contribution < -0.4 is 18.9 Å². The minimum atomic E-state index is 0. The van der Waals surface area contributed by atoms with Crippen molar-refractivity contribution < 1.29 is 34.0 Å². The van der Waals surface area contributed by atoms with E-state index in [0.29, 0.717) is 0 Å². The third-order valence-electron chi connectivity index (χ3n) is 0.744. The summed E-state index contributed by atoms with van der Waals surface area (Å²) in [5.41, 5.74) is 0. The minimum absolute atomic E-state index is 0. The predicted molar refractivity (Wildman–Crippen MR) is 31.8 cm³/mol. The number of rotatable bonds is 0. The molecule has 1 rings (SSSR count). The van der Waals surface area contributed by atoms with Gasteiger partial charge in [0.2, 0.25) is 0 Å². The third kappa shape index (κ3) is 5.19. The van der Waals surface area contributed by atoms with Gasteiger partial charge in [-0.25, -0.2) is 0 Å². The van der Waals surface area contributed by atoms with Crippen molar-refractivity contribution in [2.45, 2.75) is 0 Å². The van der Waals surface area contributed by atoms with Crippen LogP contribution in [-0.2, 0) is 9.47 Å². The van der Waals surface area contributed by atoms with Crippen molar-refractivity contribution in [3.05, 3.63) is 0 Å². The molecule has 2 nitrogen and oxygen atoms in total. The van der Waals surface area contributed by atoms with Crippen molar-refractivity contribution in [3.63, 3.8) is 0 Å². The second-order valence-electron chi connectivity index (χ2n) is 1.22. The first-order valence-electron chi connectivity index (χ1n) is 2.15. The summed E-state index contributed by atoms with van der Waals surface area (Å²) in [4.78, 5) is 0. The zero-order valence-corrected chi connectivity index (χ0v) is 6.38. The molecule has 0 N–H and O–H groups in total. The van der Waals surface area contributed by atoms with Crippen molar-refractivity contribution in [1.29, 1.82) is 0 Å². The molecule has 44 valence electrons. The van der Waals surface area contributed by atoms with Gasteiger partial charge >= 0.3 is 36.2 Å². The quantitative estimate of drug-likeness (QED) is 0.324. The summed E-state index contributed by atoms with van der Waals surface area (Å²) in [6, 6.07) is 0. The smallest absolute Gasteiger partial charge is 1.00 e. The Morgan fingerprint density at radius 2 is 1.12 bits per heavy atom. The topological polar surface area (TPSA) is 18.5 Å². The van der Waals surface area contributed by atoms with Crippen LogP contribution in [0.25, 0.3) is 0 Å². The second kappa shape index (κ2) is 8.05. The van der Waals surface area contributed by atoms with E-state index in [0.717, 1.165) is 26.4 Å². The first-order valence-corrected chi connectivity index (χ1v) is 2.15. The molecule has 0 aromatic rings. The maximum absolute atomic E-state index is 4.94. The van der Waals surface area contributed by atoms with Crippen molar-refractivity contribution in [1.82, 2.24) is 0 Å². The van der Waals surface area contributed by atoms with Crippen LogP contribution in [-0.4, -0.2) is 43.8 Å². The zero-order valence-electron chi connectivity index (χ0n) is 9.22. The Labute approximate surface area is 78.2 Å². The van der Waals surface area contributed by atoms with Crippen LogP contribution in [0.2, 0.25) is 0 Å². The van der Waals surface area contributed by atoms with E-state index < -0.39 is 0 Å². The SMILES string of the molecule is C1COCCO1.[Al+3].[H-].[H-].[H-].[H-].[Li+]. The van der Waals surface area contributed by atoms with E-state index in [-0.39, 0.29) is 41.9 Å². The molecule has 0 bridgehead atoms. The molecule has 0 amide bonds. The first-order chi connectivity index (χ1) is 3.00. The molecule has 0 spiro atoms. The van der Waals surface area contributed by atoms with Gasteiger partial charge in [-0.15, -0.1) is 0 Å². The van der Waals surface area contributed by atoms with Crippen LogP contribution in [0.3, 0.4) is 0 Å². The maximum Gasteiger partial charge on any atom is 3.00 e. The molecular weight excluding hydrogens is 114 g/mol. The number of hydrogen-bond donors (Lipinski definition) is 0. The second-order valence-corrected chi connectivity index (χ2v) is 1.22. The van der Waals surface area contributed by atoms with E-state index in [1.165, 1.54) is 0 Å². The van der Waals surface area contributed by atoms with E-state index >= 15 is 0 Å². The van der Waals surface area contributed by atoms with Gasteiger partial charge in [0, 0.05) is 0 Å². The molecular formula is C4H12AlLiO2. The summed E-state index contributed by atoms with van der Waals surface area (Å²) < 4.78 is 9.89. The van der Waals surface area contributed by atoms with Crippen LogP contribution in [0.4, 0.5) is 0 Å². The van der Waals surface area contributed by atoms with Gasteiger partial charge in [-0.05, 0) is 0 Å². The molecule has 1 aliphatic heterocycles. The maximum atomic E-state index is 4.94. The molecule has 0 radical (unpaired) electrons. The van der Waals surface area contributed by atoms with Crippen LogP contribution in [0.15, 0.2) is 0 Å². The normalized spacial score (nSPS) is 18.0. The van der Waals surface area contributed by atoms with Crippen molar-refractivity contribution in [3.8, 4) is 0 Å². The fraction of sp³-hybridized carbons (Fsp3) is 1.00. The Morgan fingerprint density at radius 3 is 1.25 bits per heavy atom. The van der Waals surface area contributed by atoms with Crippen LogP contribution in [0, 0.1) is 0 Å². The van der Waals surface area contributed by atoms with E-state index in [9.17, 15) is 0 Å². The third-order valence-corrected chi connectivity index (χ3v) is 0.744. The molecule has 1 heterocycles. The molecule has 4 heteroatoms. The van der Waals surface area contributed by atoms with Gasteiger partial charge in [-0.2, -0.15) is 0 Å². The van der Waals surface area contributed by atoms with Gasteiger partial charge in [-0.3, -0.25) is 0 Å². The van der Waals surface area contributed by atoms with Gasteiger partial charge in [0.15, 0.2) is 0 Å². The summed E-state index contributed by atoms with van der Waals surface area (Å²) in [5.74, 6) is 0. The van der Waals surface area contributed by atoms with Crippen LogP contribution in [0.1, 0.15) is 5.71 Å². The number of ether oxygens (including phenoxy) is 2. The van der Waals surface area contributed by atoms with Gasteiger partial charge in [0.05, 0.1) is 26.4 Å². The summed E-state index contributed by atoms with van der Waals surface area (Å²) >= 11 is 0. The molecule has 1 saturated heterocycles. The van der Waals surface area contributed by atoms with Crippen molar-refractivity contribution in [2.24, 2.45) is 0 Å².